The molecule has 2 N–H and O–H groups in total. The Morgan fingerprint density at radius 3 is 2.50 bits per heavy atom. The first-order chi connectivity index (χ1) is 11.5. The largest absolute Gasteiger partial charge is 0.360 e. The molecule has 2 amide bonds. The van der Waals surface area contributed by atoms with E-state index in [1.165, 1.54) is 0 Å². The van der Waals surface area contributed by atoms with Crippen LogP contribution in [0.15, 0.2) is 40.9 Å². The summed E-state index contributed by atoms with van der Waals surface area (Å²) in [6.45, 7) is 1.55. The van der Waals surface area contributed by atoms with Crippen LogP contribution in [0.3, 0.4) is 0 Å². The van der Waals surface area contributed by atoms with E-state index in [2.05, 4.69) is 15.8 Å². The highest BCUT2D eigenvalue weighted by molar-refractivity contribution is 5.96. The lowest BCUT2D eigenvalue weighted by Crippen LogP contribution is -2.32. The van der Waals surface area contributed by atoms with Gasteiger partial charge in [0, 0.05) is 24.5 Å². The summed E-state index contributed by atoms with van der Waals surface area (Å²) in [5.41, 5.74) is 0.639. The predicted octanol–water partition coefficient (Wildman–Crippen LogP) is 2.09. The van der Waals surface area contributed by atoms with Gasteiger partial charge in [0.05, 0.1) is 6.54 Å². The summed E-state index contributed by atoms with van der Waals surface area (Å²) in [5, 5.41) is 8.63. The minimum atomic E-state index is -0.392. The van der Waals surface area contributed by atoms with Gasteiger partial charge in [0.15, 0.2) is 11.6 Å². The molecule has 1 heterocycles. The summed E-state index contributed by atoms with van der Waals surface area (Å²) in [6.07, 6.45) is 0.917. The first-order valence-electron chi connectivity index (χ1n) is 7.62. The molecular formula is C17H19N3O4. The fourth-order valence-corrected chi connectivity index (χ4v) is 2.06. The normalized spacial score (nSPS) is 10.2. The van der Waals surface area contributed by atoms with Crippen LogP contribution >= 0.6 is 0 Å². The Labute approximate surface area is 139 Å². The van der Waals surface area contributed by atoms with Gasteiger partial charge in [-0.25, -0.2) is 0 Å². The van der Waals surface area contributed by atoms with Gasteiger partial charge in [0.2, 0.25) is 11.8 Å². The topological polar surface area (TPSA) is 101 Å². The number of nitrogens with one attached hydrogen (secondary N) is 2. The Morgan fingerprint density at radius 2 is 1.83 bits per heavy atom. The molecule has 0 bridgehead atoms. The van der Waals surface area contributed by atoms with E-state index in [0.717, 1.165) is 0 Å². The third-order valence-corrected chi connectivity index (χ3v) is 3.25. The van der Waals surface area contributed by atoms with Crippen LogP contribution in [0, 0.1) is 6.92 Å². The van der Waals surface area contributed by atoms with E-state index in [1.54, 1.807) is 37.3 Å². The Kier molecular flexibility index (Phi) is 6.24. The average molecular weight is 329 g/mol. The Balaban J connectivity index is 1.63. The van der Waals surface area contributed by atoms with Crippen molar-refractivity contribution >= 4 is 23.4 Å². The van der Waals surface area contributed by atoms with Crippen molar-refractivity contribution in [2.24, 2.45) is 0 Å². The standard InChI is InChI=1S/C17H19N3O4/c1-12-10-15(20-24-12)19-17(23)11-18-16(22)9-5-8-14(21)13-6-3-2-4-7-13/h2-4,6-7,10H,5,8-9,11H2,1H3,(H,18,22)(H,19,20,23). The molecule has 0 unspecified atom stereocenters. The molecule has 126 valence electrons. The Bertz CT molecular complexity index is 710. The maximum atomic E-state index is 11.9. The highest BCUT2D eigenvalue weighted by atomic mass is 16.5. The van der Waals surface area contributed by atoms with Crippen LogP contribution in [0.5, 0.6) is 0 Å². The molecule has 0 fully saturated rings. The first-order valence-corrected chi connectivity index (χ1v) is 7.62. The van der Waals surface area contributed by atoms with Gasteiger partial charge in [-0.15, -0.1) is 0 Å². The quantitative estimate of drug-likeness (QED) is 0.722. The van der Waals surface area contributed by atoms with E-state index >= 15 is 0 Å². The summed E-state index contributed by atoms with van der Waals surface area (Å²) < 4.78 is 4.82. The van der Waals surface area contributed by atoms with Crippen molar-refractivity contribution in [1.82, 2.24) is 10.5 Å². The molecular weight excluding hydrogens is 310 g/mol. The summed E-state index contributed by atoms with van der Waals surface area (Å²) >= 11 is 0. The van der Waals surface area contributed by atoms with Crippen LogP contribution < -0.4 is 10.6 Å². The smallest absolute Gasteiger partial charge is 0.245 e. The number of amides is 2. The molecule has 0 aliphatic heterocycles. The SMILES string of the molecule is Cc1cc(NC(=O)CNC(=O)CCCC(=O)c2ccccc2)no1. The van der Waals surface area contributed by atoms with Gasteiger partial charge in [-0.2, -0.15) is 0 Å². The van der Waals surface area contributed by atoms with Crippen molar-refractivity contribution < 1.29 is 18.9 Å². The molecule has 0 radical (unpaired) electrons. The van der Waals surface area contributed by atoms with Gasteiger partial charge in [-0.05, 0) is 13.3 Å². The summed E-state index contributed by atoms with van der Waals surface area (Å²) in [7, 11) is 0. The zero-order valence-corrected chi connectivity index (χ0v) is 13.4. The lowest BCUT2D eigenvalue weighted by molar-refractivity contribution is -0.124. The third kappa shape index (κ3) is 5.68. The molecule has 0 saturated carbocycles. The summed E-state index contributed by atoms with van der Waals surface area (Å²) in [4.78, 5) is 35.2. The number of ketones is 1. The fourth-order valence-electron chi connectivity index (χ4n) is 2.06. The van der Waals surface area contributed by atoms with Crippen molar-refractivity contribution in [3.05, 3.63) is 47.7 Å². The highest BCUT2D eigenvalue weighted by Crippen LogP contribution is 2.07. The van der Waals surface area contributed by atoms with Gasteiger partial charge < -0.3 is 15.2 Å². The van der Waals surface area contributed by atoms with E-state index in [9.17, 15) is 14.4 Å². The number of nitrogens with zero attached hydrogens (tertiary/aromatic N) is 1. The second-order valence-electron chi connectivity index (χ2n) is 5.29. The monoisotopic (exact) mass is 329 g/mol. The van der Waals surface area contributed by atoms with Crippen LogP contribution in [0.4, 0.5) is 5.82 Å². The second-order valence-corrected chi connectivity index (χ2v) is 5.29. The Hall–Kier alpha value is -2.96. The minimum Gasteiger partial charge on any atom is -0.360 e. The van der Waals surface area contributed by atoms with Crippen LogP contribution in [0.25, 0.3) is 0 Å². The number of hydrogen-bond acceptors (Lipinski definition) is 5. The van der Waals surface area contributed by atoms with Gasteiger partial charge in [-0.1, -0.05) is 35.5 Å². The molecule has 1 aromatic carbocycles. The van der Waals surface area contributed by atoms with Crippen LogP contribution in [0.2, 0.25) is 0 Å². The van der Waals surface area contributed by atoms with Crippen molar-refractivity contribution in [2.75, 3.05) is 11.9 Å². The van der Waals surface area contributed by atoms with E-state index in [4.69, 9.17) is 4.52 Å². The number of aryl methyl sites for hydroxylation is 1. The highest BCUT2D eigenvalue weighted by Gasteiger charge is 2.10. The summed E-state index contributed by atoms with van der Waals surface area (Å²) in [5.74, 6) is 0.222. The molecule has 0 saturated heterocycles. The fraction of sp³-hybridized carbons (Fsp3) is 0.294. The van der Waals surface area contributed by atoms with Crippen LogP contribution in [-0.2, 0) is 9.59 Å². The number of hydrogen-bond donors (Lipinski definition) is 2. The van der Waals surface area contributed by atoms with E-state index < -0.39 is 5.91 Å². The molecule has 7 nitrogen and oxygen atoms in total. The molecule has 0 spiro atoms. The van der Waals surface area contributed by atoms with Crippen molar-refractivity contribution in [2.45, 2.75) is 26.2 Å². The van der Waals surface area contributed by atoms with Gasteiger partial charge in [0.25, 0.3) is 0 Å². The minimum absolute atomic E-state index is 0.00236. The molecule has 0 aliphatic carbocycles. The van der Waals surface area contributed by atoms with Crippen molar-refractivity contribution in [1.29, 1.82) is 0 Å². The van der Waals surface area contributed by atoms with Gasteiger partial charge >= 0.3 is 0 Å². The van der Waals surface area contributed by atoms with E-state index in [1.807, 2.05) is 6.07 Å². The van der Waals surface area contributed by atoms with E-state index in [0.29, 0.717) is 30.0 Å². The van der Waals surface area contributed by atoms with Gasteiger partial charge in [0.1, 0.15) is 5.76 Å². The van der Waals surface area contributed by atoms with Gasteiger partial charge in [-0.3, -0.25) is 14.4 Å². The van der Waals surface area contributed by atoms with Crippen LogP contribution in [0.1, 0.15) is 35.4 Å². The number of carbonyl (C=O) groups is 3. The zero-order chi connectivity index (χ0) is 17.4. The first kappa shape index (κ1) is 17.4. The average Bonchev–Trinajstić information content (AvgIpc) is 2.98. The van der Waals surface area contributed by atoms with Crippen molar-refractivity contribution in [3.63, 3.8) is 0 Å². The molecule has 0 aliphatic rings. The second kappa shape index (κ2) is 8.61. The van der Waals surface area contributed by atoms with Crippen molar-refractivity contribution in [3.8, 4) is 0 Å². The number of benzene rings is 1. The molecule has 2 rings (SSSR count). The number of anilines is 1. The lowest BCUT2D eigenvalue weighted by atomic mass is 10.1. The zero-order valence-electron chi connectivity index (χ0n) is 13.4. The number of carbonyl (C=O) groups excluding carboxylic acids is 3. The van der Waals surface area contributed by atoms with Crippen LogP contribution in [-0.4, -0.2) is 29.3 Å². The third-order valence-electron chi connectivity index (χ3n) is 3.25. The maximum absolute atomic E-state index is 11.9. The Morgan fingerprint density at radius 1 is 1.08 bits per heavy atom. The number of aromatic nitrogens is 1. The molecule has 0 atom stereocenters. The number of rotatable bonds is 8. The molecule has 24 heavy (non-hydrogen) atoms. The predicted molar refractivity (Wildman–Crippen MR) is 87.5 cm³/mol. The molecule has 7 heteroatoms. The van der Waals surface area contributed by atoms with E-state index in [-0.39, 0.29) is 24.7 Å². The molecule has 2 aromatic rings. The maximum Gasteiger partial charge on any atom is 0.245 e. The molecule has 1 aromatic heterocycles. The lowest BCUT2D eigenvalue weighted by Gasteiger charge is -2.05. The summed E-state index contributed by atoms with van der Waals surface area (Å²) in [6, 6.07) is 10.5. The number of Topliss-reactive ketones (excluding diaryl/α,β-unsaturated/α-hetero) is 1.